The fourth-order valence-electron chi connectivity index (χ4n) is 1.45. The van der Waals surface area contributed by atoms with Gasteiger partial charge in [-0.2, -0.15) is 4.98 Å². The molecule has 1 rings (SSSR count). The van der Waals surface area contributed by atoms with Crippen LogP contribution in [-0.4, -0.2) is 21.0 Å². The largest absolute Gasteiger partial charge is 0.470 e. The Hall–Kier alpha value is -1.43. The molecule has 1 unspecified atom stereocenters. The average molecular weight is 260 g/mol. The number of nitrogens with zero attached hydrogens (tertiary/aromatic N) is 3. The molecule has 6 nitrogen and oxygen atoms in total. The molecule has 0 spiro atoms. The summed E-state index contributed by atoms with van der Waals surface area (Å²) in [5.41, 5.74) is -0.273. The van der Waals surface area contributed by atoms with Crippen LogP contribution in [0.5, 0.6) is 5.88 Å². The minimum atomic E-state index is -0.590. The quantitative estimate of drug-likeness (QED) is 0.461. The van der Waals surface area contributed by atoms with E-state index >= 15 is 0 Å². The molecule has 0 aliphatic rings. The minimum Gasteiger partial charge on any atom is -0.470 e. The van der Waals surface area contributed by atoms with Crippen LogP contribution in [0.4, 0.5) is 5.69 Å². The van der Waals surface area contributed by atoms with Gasteiger partial charge in [-0.05, 0) is 30.9 Å². The van der Waals surface area contributed by atoms with E-state index in [4.69, 9.17) is 16.3 Å². The standard InChI is InChI=1S/C10H14ClN3O3/c1-6(2)4-7(3)17-9-8(14(15)16)5-12-10(11)13-9/h5-7H,4H2,1-3H3. The second kappa shape index (κ2) is 5.77. The number of hydrogen-bond acceptors (Lipinski definition) is 5. The molecule has 0 amide bonds. The molecule has 1 atom stereocenters. The maximum Gasteiger partial charge on any atom is 0.349 e. The molecular weight excluding hydrogens is 246 g/mol. The highest BCUT2D eigenvalue weighted by Gasteiger charge is 2.20. The van der Waals surface area contributed by atoms with Crippen LogP contribution in [0.3, 0.4) is 0 Å². The van der Waals surface area contributed by atoms with Crippen LogP contribution in [0.2, 0.25) is 5.28 Å². The zero-order chi connectivity index (χ0) is 13.0. The number of halogens is 1. The fourth-order valence-corrected chi connectivity index (χ4v) is 1.58. The highest BCUT2D eigenvalue weighted by molar-refractivity contribution is 6.28. The van der Waals surface area contributed by atoms with Gasteiger partial charge in [0.25, 0.3) is 5.88 Å². The normalized spacial score (nSPS) is 12.5. The lowest BCUT2D eigenvalue weighted by Crippen LogP contribution is -2.16. The Morgan fingerprint density at radius 1 is 1.53 bits per heavy atom. The molecule has 0 saturated heterocycles. The summed E-state index contributed by atoms with van der Waals surface area (Å²) in [5.74, 6) is 0.351. The molecule has 0 N–H and O–H groups in total. The first kappa shape index (κ1) is 13.6. The highest BCUT2D eigenvalue weighted by Crippen LogP contribution is 2.26. The summed E-state index contributed by atoms with van der Waals surface area (Å²) in [6, 6.07) is 0. The van der Waals surface area contributed by atoms with Crippen LogP contribution in [0.1, 0.15) is 27.2 Å². The van der Waals surface area contributed by atoms with Crippen LogP contribution < -0.4 is 4.74 Å². The third-order valence-corrected chi connectivity index (χ3v) is 2.20. The van der Waals surface area contributed by atoms with E-state index in [1.165, 1.54) is 0 Å². The van der Waals surface area contributed by atoms with E-state index < -0.39 is 4.92 Å². The summed E-state index contributed by atoms with van der Waals surface area (Å²) in [6.07, 6.45) is 1.66. The van der Waals surface area contributed by atoms with E-state index in [0.29, 0.717) is 5.92 Å². The molecule has 1 aromatic rings. The summed E-state index contributed by atoms with van der Waals surface area (Å²) in [4.78, 5) is 17.4. The molecule has 0 aliphatic heterocycles. The van der Waals surface area contributed by atoms with Crippen LogP contribution in [0, 0.1) is 16.0 Å². The molecule has 0 aromatic carbocycles. The van der Waals surface area contributed by atoms with E-state index in [1.807, 2.05) is 20.8 Å². The van der Waals surface area contributed by atoms with Crippen molar-refractivity contribution >= 4 is 17.3 Å². The smallest absolute Gasteiger partial charge is 0.349 e. The van der Waals surface area contributed by atoms with Crippen LogP contribution >= 0.6 is 11.6 Å². The Labute approximate surface area is 104 Å². The summed E-state index contributed by atoms with van der Waals surface area (Å²) < 4.78 is 5.42. The van der Waals surface area contributed by atoms with Crippen molar-refractivity contribution in [2.24, 2.45) is 5.92 Å². The van der Waals surface area contributed by atoms with Crippen molar-refractivity contribution in [1.82, 2.24) is 9.97 Å². The van der Waals surface area contributed by atoms with E-state index in [1.54, 1.807) is 0 Å². The lowest BCUT2D eigenvalue weighted by Gasteiger charge is -2.15. The molecule has 7 heteroatoms. The van der Waals surface area contributed by atoms with E-state index in [2.05, 4.69) is 9.97 Å². The molecule has 94 valence electrons. The fraction of sp³-hybridized carbons (Fsp3) is 0.600. The number of aromatic nitrogens is 2. The van der Waals surface area contributed by atoms with Gasteiger partial charge >= 0.3 is 5.69 Å². The third-order valence-electron chi connectivity index (χ3n) is 2.02. The first-order chi connectivity index (χ1) is 7.90. The summed E-state index contributed by atoms with van der Waals surface area (Å²) >= 11 is 5.59. The Morgan fingerprint density at radius 2 is 2.18 bits per heavy atom. The first-order valence-electron chi connectivity index (χ1n) is 5.23. The summed E-state index contributed by atoms with van der Waals surface area (Å²) in [7, 11) is 0. The zero-order valence-corrected chi connectivity index (χ0v) is 10.6. The number of rotatable bonds is 5. The van der Waals surface area contributed by atoms with Gasteiger partial charge in [0.05, 0.1) is 11.0 Å². The van der Waals surface area contributed by atoms with Crippen molar-refractivity contribution in [1.29, 1.82) is 0 Å². The second-order valence-electron chi connectivity index (χ2n) is 4.14. The summed E-state index contributed by atoms with van der Waals surface area (Å²) in [6.45, 7) is 5.92. The predicted octanol–water partition coefficient (Wildman–Crippen LogP) is 2.85. The Kier molecular flexibility index (Phi) is 4.62. The SMILES string of the molecule is CC(C)CC(C)Oc1nc(Cl)ncc1[N+](=O)[O-]. The predicted molar refractivity (Wildman–Crippen MR) is 63.2 cm³/mol. The summed E-state index contributed by atoms with van der Waals surface area (Å²) in [5, 5.41) is 10.7. The van der Waals surface area contributed by atoms with Gasteiger partial charge in [0, 0.05) is 0 Å². The molecule has 0 fully saturated rings. The molecule has 1 aromatic heterocycles. The van der Waals surface area contributed by atoms with Gasteiger partial charge in [-0.15, -0.1) is 0 Å². The van der Waals surface area contributed by atoms with E-state index in [-0.39, 0.29) is 23.0 Å². The Morgan fingerprint density at radius 3 is 2.71 bits per heavy atom. The molecule has 0 radical (unpaired) electrons. The zero-order valence-electron chi connectivity index (χ0n) is 9.88. The van der Waals surface area contributed by atoms with Crippen LogP contribution in [0.15, 0.2) is 6.20 Å². The van der Waals surface area contributed by atoms with Crippen molar-refractivity contribution in [3.63, 3.8) is 0 Å². The Bertz CT molecular complexity index is 412. The maximum absolute atomic E-state index is 10.7. The number of nitro groups is 1. The molecule has 0 saturated carbocycles. The van der Waals surface area contributed by atoms with Crippen LogP contribution in [-0.2, 0) is 0 Å². The van der Waals surface area contributed by atoms with Gasteiger partial charge in [-0.1, -0.05) is 13.8 Å². The maximum atomic E-state index is 10.7. The molecule has 0 bridgehead atoms. The van der Waals surface area contributed by atoms with Gasteiger partial charge in [-0.25, -0.2) is 4.98 Å². The van der Waals surface area contributed by atoms with Crippen LogP contribution in [0.25, 0.3) is 0 Å². The van der Waals surface area contributed by atoms with Crippen molar-refractivity contribution in [2.75, 3.05) is 0 Å². The Balaban J connectivity index is 2.88. The van der Waals surface area contributed by atoms with Gasteiger partial charge in [-0.3, -0.25) is 10.1 Å². The molecule has 0 aliphatic carbocycles. The van der Waals surface area contributed by atoms with Gasteiger partial charge in [0.2, 0.25) is 5.28 Å². The second-order valence-corrected chi connectivity index (χ2v) is 4.48. The van der Waals surface area contributed by atoms with Crippen molar-refractivity contribution in [2.45, 2.75) is 33.3 Å². The molecular formula is C10H14ClN3O3. The molecule has 1 heterocycles. The third kappa shape index (κ3) is 4.14. The minimum absolute atomic E-state index is 0.0673. The average Bonchev–Trinajstić information content (AvgIpc) is 2.15. The molecule has 17 heavy (non-hydrogen) atoms. The van der Waals surface area contributed by atoms with Gasteiger partial charge < -0.3 is 4.74 Å². The van der Waals surface area contributed by atoms with Gasteiger partial charge in [0.1, 0.15) is 6.20 Å². The topological polar surface area (TPSA) is 78.2 Å². The lowest BCUT2D eigenvalue weighted by molar-refractivity contribution is -0.386. The van der Waals surface area contributed by atoms with Gasteiger partial charge in [0.15, 0.2) is 0 Å². The number of hydrogen-bond donors (Lipinski definition) is 0. The monoisotopic (exact) mass is 259 g/mol. The van der Waals surface area contributed by atoms with E-state index in [0.717, 1.165) is 12.6 Å². The lowest BCUT2D eigenvalue weighted by atomic mass is 10.1. The van der Waals surface area contributed by atoms with Crippen molar-refractivity contribution < 1.29 is 9.66 Å². The van der Waals surface area contributed by atoms with E-state index in [9.17, 15) is 10.1 Å². The highest BCUT2D eigenvalue weighted by atomic mass is 35.5. The van der Waals surface area contributed by atoms with Crippen molar-refractivity contribution in [3.05, 3.63) is 21.6 Å². The first-order valence-corrected chi connectivity index (χ1v) is 5.61. The van der Waals surface area contributed by atoms with Crippen molar-refractivity contribution in [3.8, 4) is 5.88 Å². The number of ether oxygens (including phenoxy) is 1.